The lowest BCUT2D eigenvalue weighted by molar-refractivity contribution is 1.16. The predicted molar refractivity (Wildman–Crippen MR) is 327 cm³/mol. The fourth-order valence-electron chi connectivity index (χ4n) is 13.3. The number of rotatable bonds is 8. The smallest absolute Gasteiger partial charge is 0.179 e. The highest BCUT2D eigenvalue weighted by Gasteiger charge is 2.41. The van der Waals surface area contributed by atoms with E-state index in [0.717, 1.165) is 33.8 Å². The molecule has 0 unspecified atom stereocenters. The van der Waals surface area contributed by atoms with Crippen molar-refractivity contribution >= 4 is 116 Å². The molecule has 77 heavy (non-hydrogen) atoms. The van der Waals surface area contributed by atoms with Crippen molar-refractivity contribution in [1.29, 1.82) is 0 Å². The molecule has 0 atom stereocenters. The van der Waals surface area contributed by atoms with Crippen LogP contribution in [0.1, 0.15) is 0 Å². The maximum Gasteiger partial charge on any atom is 0.179 e. The summed E-state index contributed by atoms with van der Waals surface area (Å²) in [6.07, 6.45) is 0. The van der Waals surface area contributed by atoms with Gasteiger partial charge in [-0.05, 0) is 112 Å². The summed E-state index contributed by atoms with van der Waals surface area (Å²) in [5.74, 6) is 0. The van der Waals surface area contributed by atoms with Crippen LogP contribution in [0, 0.1) is 0 Å². The number of para-hydroxylation sites is 5. The first-order chi connectivity index (χ1) is 38.2. The Morgan fingerprint density at radius 1 is 0.195 bits per heavy atom. The van der Waals surface area contributed by atoms with Gasteiger partial charge in [0.25, 0.3) is 0 Å². The normalized spacial score (nSPS) is 12.2. The molecule has 0 saturated heterocycles. The summed E-state index contributed by atoms with van der Waals surface area (Å²) < 4.78 is 9.92. The summed E-state index contributed by atoms with van der Waals surface area (Å²) in [5.41, 5.74) is 14.0. The molecule has 0 aliphatic carbocycles. The van der Waals surface area contributed by atoms with Crippen LogP contribution >= 0.6 is 0 Å². The van der Waals surface area contributed by atoms with Crippen molar-refractivity contribution in [1.82, 2.24) is 18.3 Å². The molecule has 0 bridgehead atoms. The van der Waals surface area contributed by atoms with E-state index in [0.29, 0.717) is 0 Å². The Labute approximate surface area is 445 Å². The van der Waals surface area contributed by atoms with Crippen LogP contribution in [-0.2, 0) is 0 Å². The van der Waals surface area contributed by atoms with Gasteiger partial charge in [-0.2, -0.15) is 0 Å². The Bertz CT molecular complexity index is 4780. The molecule has 0 amide bonds. The zero-order valence-corrected chi connectivity index (χ0v) is 43.0. The summed E-state index contributed by atoms with van der Waals surface area (Å²) in [6, 6.07) is 108. The Morgan fingerprint density at radius 2 is 0.519 bits per heavy atom. The molecular formula is C72H48N4Si. The highest BCUT2D eigenvalue weighted by Crippen LogP contribution is 2.43. The van der Waals surface area contributed by atoms with Crippen molar-refractivity contribution in [2.24, 2.45) is 0 Å². The summed E-state index contributed by atoms with van der Waals surface area (Å²) in [7, 11) is -2.80. The Kier molecular flexibility index (Phi) is 9.62. The second-order valence-corrected chi connectivity index (χ2v) is 24.2. The molecule has 5 heteroatoms. The van der Waals surface area contributed by atoms with Crippen molar-refractivity contribution in [3.8, 4) is 22.7 Å². The molecule has 0 saturated carbocycles. The first-order valence-corrected chi connectivity index (χ1v) is 28.6. The standard InChI is InChI=1S/C72H48N4Si/c1-4-23-52(24-5-1)77(53-25-6-2-7-26-53,54-27-8-3-9-28-54)55-29-20-22-49(46-55)73-65-37-17-14-34-60(65)61-47-50(42-44-68(61)73)75-69-45-43-51(74-63-35-15-10-30-56(63)57-31-11-16-36-64(57)74)48-62(69)72-70(75)40-21-41-71(72)76-66-38-18-12-32-58(66)59-33-13-19-39-67(59)76/h1-48H. The van der Waals surface area contributed by atoms with Gasteiger partial charge >= 0.3 is 0 Å². The van der Waals surface area contributed by atoms with E-state index in [1.165, 1.54) is 96.9 Å². The molecule has 4 nitrogen and oxygen atoms in total. The lowest BCUT2D eigenvalue weighted by Gasteiger charge is -2.34. The van der Waals surface area contributed by atoms with E-state index in [1.54, 1.807) is 0 Å². The van der Waals surface area contributed by atoms with E-state index in [9.17, 15) is 0 Å². The Hall–Kier alpha value is -9.94. The van der Waals surface area contributed by atoms with Crippen LogP contribution in [0.4, 0.5) is 0 Å². The summed E-state index contributed by atoms with van der Waals surface area (Å²) >= 11 is 0. The van der Waals surface area contributed by atoms with Gasteiger partial charge in [0, 0.05) is 60.2 Å². The molecule has 0 fully saturated rings. The van der Waals surface area contributed by atoms with Crippen LogP contribution in [0.15, 0.2) is 291 Å². The lowest BCUT2D eigenvalue weighted by Crippen LogP contribution is -2.74. The average Bonchev–Trinajstić information content (AvgIpc) is 4.24. The number of hydrogen-bond acceptors (Lipinski definition) is 0. The average molecular weight is 997 g/mol. The minimum atomic E-state index is -2.80. The molecule has 0 aliphatic rings. The van der Waals surface area contributed by atoms with Crippen LogP contribution < -0.4 is 20.7 Å². The highest BCUT2D eigenvalue weighted by molar-refractivity contribution is 7.19. The van der Waals surface area contributed by atoms with Crippen molar-refractivity contribution in [3.05, 3.63) is 291 Å². The van der Waals surface area contributed by atoms with E-state index in [4.69, 9.17) is 0 Å². The van der Waals surface area contributed by atoms with E-state index in [1.807, 2.05) is 0 Å². The van der Waals surface area contributed by atoms with Crippen molar-refractivity contribution in [2.75, 3.05) is 0 Å². The number of benzene rings is 12. The van der Waals surface area contributed by atoms with E-state index >= 15 is 0 Å². The molecule has 16 rings (SSSR count). The third-order valence-electron chi connectivity index (χ3n) is 16.5. The summed E-state index contributed by atoms with van der Waals surface area (Å²) in [4.78, 5) is 0. The van der Waals surface area contributed by atoms with Gasteiger partial charge in [0.2, 0.25) is 0 Å². The maximum absolute atomic E-state index is 2.80. The molecule has 0 spiro atoms. The van der Waals surface area contributed by atoms with Gasteiger partial charge in [-0.1, -0.05) is 200 Å². The largest absolute Gasteiger partial charge is 0.309 e. The SMILES string of the molecule is c1ccc([Si](c2ccccc2)(c2ccccc2)c2cccc(-n3c4ccccc4c4cc(-n5c6ccc(-n7c8ccccc8c8ccccc87)cc6c6c(-n7c8ccccc8c8ccccc87)cccc65)ccc43)c2)cc1. The van der Waals surface area contributed by atoms with Crippen molar-refractivity contribution in [2.45, 2.75) is 0 Å². The molecule has 12 aromatic carbocycles. The lowest BCUT2D eigenvalue weighted by atomic mass is 10.1. The first-order valence-electron chi connectivity index (χ1n) is 26.6. The minimum absolute atomic E-state index is 1.11. The van der Waals surface area contributed by atoms with Gasteiger partial charge < -0.3 is 18.3 Å². The van der Waals surface area contributed by atoms with Crippen molar-refractivity contribution < 1.29 is 0 Å². The number of aromatic nitrogens is 4. The fraction of sp³-hybridized carbons (Fsp3) is 0. The van der Waals surface area contributed by atoms with Gasteiger partial charge in [-0.15, -0.1) is 0 Å². The molecule has 0 aliphatic heterocycles. The van der Waals surface area contributed by atoms with E-state index < -0.39 is 8.07 Å². The molecule has 4 heterocycles. The Balaban J connectivity index is 0.948. The molecular weight excluding hydrogens is 949 g/mol. The zero-order chi connectivity index (χ0) is 50.6. The highest BCUT2D eigenvalue weighted by atomic mass is 28.3. The third-order valence-corrected chi connectivity index (χ3v) is 21.3. The van der Waals surface area contributed by atoms with E-state index in [2.05, 4.69) is 309 Å². The van der Waals surface area contributed by atoms with Gasteiger partial charge in [-0.3, -0.25) is 0 Å². The van der Waals surface area contributed by atoms with Crippen LogP contribution in [0.25, 0.3) is 110 Å². The fourth-order valence-corrected chi connectivity index (χ4v) is 18.1. The molecule has 360 valence electrons. The second kappa shape index (κ2) is 17.0. The quantitative estimate of drug-likeness (QED) is 0.107. The van der Waals surface area contributed by atoms with Gasteiger partial charge in [0.05, 0.1) is 49.8 Å². The number of nitrogens with zero attached hydrogens (tertiary/aromatic N) is 4. The molecule has 0 radical (unpaired) electrons. The first kappa shape index (κ1) is 43.5. The van der Waals surface area contributed by atoms with Crippen LogP contribution in [0.3, 0.4) is 0 Å². The van der Waals surface area contributed by atoms with Crippen LogP contribution in [0.2, 0.25) is 0 Å². The maximum atomic E-state index is 2.50. The minimum Gasteiger partial charge on any atom is -0.309 e. The third kappa shape index (κ3) is 6.32. The number of hydrogen-bond donors (Lipinski definition) is 0. The van der Waals surface area contributed by atoms with Gasteiger partial charge in [0.15, 0.2) is 8.07 Å². The summed E-state index contributed by atoms with van der Waals surface area (Å²) in [5, 5.41) is 15.2. The number of fused-ring (bicyclic) bond motifs is 12. The topological polar surface area (TPSA) is 19.7 Å². The predicted octanol–water partition coefficient (Wildman–Crippen LogP) is 15.5. The molecule has 4 aromatic heterocycles. The van der Waals surface area contributed by atoms with Crippen LogP contribution in [-0.4, -0.2) is 26.3 Å². The zero-order valence-electron chi connectivity index (χ0n) is 42.0. The summed E-state index contributed by atoms with van der Waals surface area (Å²) in [6.45, 7) is 0. The van der Waals surface area contributed by atoms with E-state index in [-0.39, 0.29) is 0 Å². The van der Waals surface area contributed by atoms with Crippen molar-refractivity contribution in [3.63, 3.8) is 0 Å². The van der Waals surface area contributed by atoms with Crippen LogP contribution in [0.5, 0.6) is 0 Å². The second-order valence-electron chi connectivity index (χ2n) is 20.4. The molecule has 0 N–H and O–H groups in total. The monoisotopic (exact) mass is 996 g/mol. The Morgan fingerprint density at radius 3 is 1.00 bits per heavy atom. The van der Waals surface area contributed by atoms with Gasteiger partial charge in [0.1, 0.15) is 0 Å². The van der Waals surface area contributed by atoms with Gasteiger partial charge in [-0.25, -0.2) is 0 Å². The molecule has 16 aromatic rings.